The summed E-state index contributed by atoms with van der Waals surface area (Å²) in [5, 5.41) is 58.9. The van der Waals surface area contributed by atoms with E-state index in [4.69, 9.17) is 30.4 Å². The summed E-state index contributed by atoms with van der Waals surface area (Å²) in [7, 11) is 0. The van der Waals surface area contributed by atoms with Gasteiger partial charge in [-0.25, -0.2) is 9.59 Å². The molecule has 560 valence electrons. The fourth-order valence-electron chi connectivity index (χ4n) is 12.8. The highest BCUT2D eigenvalue weighted by Gasteiger charge is 2.43. The van der Waals surface area contributed by atoms with E-state index in [9.17, 15) is 58.8 Å². The van der Waals surface area contributed by atoms with Gasteiger partial charge in [-0.15, -0.1) is 0 Å². The average molecular weight is 1460 g/mol. The standard InChI is InChI=1S/C76H86N10O20/c1-39(67(77)95)81-69(97)53(35-87)83-71(99)55(33-59(91)105-75(3,4)5)85(73(101)103-37-49-45-21-13-9-17-41(45)42-18-10-14-22-46(42)49)31-29-79-51-25-26-52(62-61(51)65(93)63-57(89)27-28-58(90)64(63)66(62)94)80-30-32-86(74(102)104-38-50-47-23-15-11-19-43(47)44-20-12-16-24-48(44)50)56(34-60(92)106-76(6,7)8)72(100)84-54(36-88)70(98)82-40(2)68(78)96/h9-28,39-40,49-50,53-56,79-80,87-90H,29-38H2,1-8H3,(H2,77,95)(H2,78,96)(H,81,97)(H,82,98)(H,83,99)(H,84,100)/t39-,40-,53-,54-,55-,56-/m0/s1. The van der Waals surface area contributed by atoms with Gasteiger partial charge >= 0.3 is 24.1 Å². The number of aromatic hydroxyl groups is 2. The first-order chi connectivity index (χ1) is 50.2. The molecule has 6 atom stereocenters. The summed E-state index contributed by atoms with van der Waals surface area (Å²) in [6, 6.07) is 24.4. The molecule has 30 heteroatoms. The third-order valence-corrected chi connectivity index (χ3v) is 17.9. The summed E-state index contributed by atoms with van der Waals surface area (Å²) in [5.41, 5.74) is 12.8. The average Bonchev–Trinajstić information content (AvgIpc) is 1.02. The highest BCUT2D eigenvalue weighted by molar-refractivity contribution is 6.33. The van der Waals surface area contributed by atoms with Crippen molar-refractivity contribution in [2.75, 3.05) is 63.2 Å². The van der Waals surface area contributed by atoms with E-state index < -0.39 is 216 Å². The minimum absolute atomic E-state index is 0.157. The molecule has 0 bridgehead atoms. The van der Waals surface area contributed by atoms with Gasteiger partial charge in [0.25, 0.3) is 0 Å². The maximum absolute atomic E-state index is 15.2. The van der Waals surface area contributed by atoms with Crippen LogP contribution in [0.15, 0.2) is 121 Å². The first-order valence-corrected chi connectivity index (χ1v) is 34.2. The molecule has 0 unspecified atom stereocenters. The molecule has 3 aliphatic carbocycles. The highest BCUT2D eigenvalue weighted by atomic mass is 16.6. The summed E-state index contributed by atoms with van der Waals surface area (Å²) in [5.74, 6) is -13.0. The maximum atomic E-state index is 15.2. The zero-order valence-corrected chi connectivity index (χ0v) is 59.6. The van der Waals surface area contributed by atoms with Crippen LogP contribution in [0, 0.1) is 0 Å². The van der Waals surface area contributed by atoms with E-state index in [1.54, 1.807) is 41.5 Å². The molecule has 6 aromatic carbocycles. The lowest BCUT2D eigenvalue weighted by atomic mass is 9.81. The number of fused-ring (bicyclic) bond motifs is 8. The molecule has 9 rings (SSSR count). The van der Waals surface area contributed by atoms with Gasteiger partial charge in [0.15, 0.2) is 0 Å². The first-order valence-electron chi connectivity index (χ1n) is 34.2. The lowest BCUT2D eigenvalue weighted by Gasteiger charge is -2.33. The van der Waals surface area contributed by atoms with E-state index >= 15 is 19.2 Å². The van der Waals surface area contributed by atoms with Crippen molar-refractivity contribution in [2.45, 2.75) is 128 Å². The number of hydrogen-bond acceptors (Lipinski definition) is 22. The van der Waals surface area contributed by atoms with Crippen LogP contribution in [0.3, 0.4) is 0 Å². The smallest absolute Gasteiger partial charge is 0.410 e. The Morgan fingerprint density at radius 3 is 1.06 bits per heavy atom. The predicted molar refractivity (Wildman–Crippen MR) is 384 cm³/mol. The van der Waals surface area contributed by atoms with Gasteiger partial charge in [0.2, 0.25) is 47.0 Å². The van der Waals surface area contributed by atoms with Crippen molar-refractivity contribution in [2.24, 2.45) is 11.5 Å². The maximum Gasteiger partial charge on any atom is 0.410 e. The van der Waals surface area contributed by atoms with E-state index in [2.05, 4.69) is 31.9 Å². The van der Waals surface area contributed by atoms with Crippen LogP contribution in [-0.2, 0) is 57.3 Å². The number of amides is 8. The van der Waals surface area contributed by atoms with Crippen LogP contribution in [-0.4, -0.2) is 201 Å². The number of hydrogen-bond donors (Lipinski definition) is 12. The molecule has 0 aromatic heterocycles. The Hall–Kier alpha value is -11.9. The van der Waals surface area contributed by atoms with Gasteiger partial charge in [-0.2, -0.15) is 0 Å². The highest BCUT2D eigenvalue weighted by Crippen LogP contribution is 2.47. The lowest BCUT2D eigenvalue weighted by molar-refractivity contribution is -0.158. The molecule has 0 fully saturated rings. The third kappa shape index (κ3) is 18.0. The third-order valence-electron chi connectivity index (χ3n) is 17.9. The largest absolute Gasteiger partial charge is 0.507 e. The molecular formula is C76H86N10O20. The van der Waals surface area contributed by atoms with Crippen molar-refractivity contribution in [1.82, 2.24) is 31.1 Å². The Bertz CT molecular complexity index is 4070. The molecule has 0 spiro atoms. The summed E-state index contributed by atoms with van der Waals surface area (Å²) >= 11 is 0. The van der Waals surface area contributed by atoms with Crippen molar-refractivity contribution in [3.05, 3.63) is 166 Å². The summed E-state index contributed by atoms with van der Waals surface area (Å²) < 4.78 is 23.5. The number of anilines is 2. The second-order valence-corrected chi connectivity index (χ2v) is 27.6. The number of ether oxygens (including phenoxy) is 4. The van der Waals surface area contributed by atoms with Gasteiger partial charge in [0.05, 0.1) is 48.3 Å². The van der Waals surface area contributed by atoms with E-state index in [-0.39, 0.29) is 24.6 Å². The number of rotatable bonds is 30. The fraction of sp³-hybridized carbons (Fsp3) is 0.368. The van der Waals surface area contributed by atoms with Gasteiger partial charge in [0, 0.05) is 49.4 Å². The predicted octanol–water partition coefficient (Wildman–Crippen LogP) is 4.33. The van der Waals surface area contributed by atoms with Gasteiger partial charge in [0.1, 0.15) is 72.2 Å². The van der Waals surface area contributed by atoms with E-state index in [1.807, 2.05) is 97.1 Å². The molecule has 106 heavy (non-hydrogen) atoms. The number of ketones is 2. The van der Waals surface area contributed by atoms with Crippen LogP contribution in [0.1, 0.15) is 134 Å². The second-order valence-electron chi connectivity index (χ2n) is 27.6. The van der Waals surface area contributed by atoms with Crippen molar-refractivity contribution >= 4 is 82.5 Å². The van der Waals surface area contributed by atoms with Crippen LogP contribution in [0.4, 0.5) is 21.0 Å². The lowest BCUT2D eigenvalue weighted by Crippen LogP contribution is -2.58. The normalized spacial score (nSPS) is 14.4. The van der Waals surface area contributed by atoms with Crippen molar-refractivity contribution in [3.63, 3.8) is 0 Å². The Morgan fingerprint density at radius 2 is 0.764 bits per heavy atom. The molecule has 0 radical (unpaired) electrons. The van der Waals surface area contributed by atoms with E-state index in [0.717, 1.165) is 66.4 Å². The molecule has 0 saturated heterocycles. The van der Waals surface area contributed by atoms with Crippen LogP contribution < -0.4 is 43.4 Å². The number of primary amides is 2. The van der Waals surface area contributed by atoms with Crippen molar-refractivity contribution in [3.8, 4) is 33.8 Å². The van der Waals surface area contributed by atoms with E-state index in [0.29, 0.717) is 0 Å². The minimum atomic E-state index is -1.92. The van der Waals surface area contributed by atoms with Crippen LogP contribution in [0.25, 0.3) is 22.3 Å². The SMILES string of the molecule is C[C@H](NC(=O)[C@H](CO)NC(=O)[C@H](CC(=O)OC(C)(C)C)N(CCNc1ccc(NCCN(C(=O)OCC2c3ccccc3-c3ccccc32)[C@@H](CC(=O)OC(C)(C)C)C(=O)N[C@@H](CO)C(=O)N[C@@H](C)C(N)=O)c2c1C(=O)c1c(O)ccc(O)c1C2=O)C(=O)OCC1c2ccccc2-c2ccccc21)C(N)=O. The van der Waals surface area contributed by atoms with Crippen molar-refractivity contribution < 1.29 is 96.9 Å². The molecule has 0 saturated carbocycles. The summed E-state index contributed by atoms with van der Waals surface area (Å²) in [6.07, 6.45) is -4.16. The monoisotopic (exact) mass is 1460 g/mol. The number of nitrogens with two attached hydrogens (primary N) is 2. The van der Waals surface area contributed by atoms with Crippen LogP contribution in [0.2, 0.25) is 0 Å². The first kappa shape index (κ1) is 78.2. The topological polar surface area (TPSA) is 453 Å². The quantitative estimate of drug-likeness (QED) is 0.0169. The number of carbonyl (C=O) groups excluding carboxylic acids is 12. The summed E-state index contributed by atoms with van der Waals surface area (Å²) in [4.78, 5) is 170. The van der Waals surface area contributed by atoms with E-state index in [1.165, 1.54) is 26.0 Å². The van der Waals surface area contributed by atoms with Gasteiger partial charge in [-0.3, -0.25) is 57.7 Å². The number of esters is 2. The molecule has 3 aliphatic rings. The molecule has 30 nitrogen and oxygen atoms in total. The van der Waals surface area contributed by atoms with Gasteiger partial charge in [-0.1, -0.05) is 97.1 Å². The Morgan fingerprint density at radius 1 is 0.453 bits per heavy atom. The van der Waals surface area contributed by atoms with Crippen LogP contribution >= 0.6 is 0 Å². The number of nitrogens with one attached hydrogen (secondary N) is 6. The number of nitrogens with zero attached hydrogens (tertiary/aromatic N) is 2. The zero-order chi connectivity index (χ0) is 77.2. The minimum Gasteiger partial charge on any atom is -0.507 e. The molecule has 0 aliphatic heterocycles. The molecule has 6 aromatic rings. The molecule has 0 heterocycles. The fourth-order valence-corrected chi connectivity index (χ4v) is 12.8. The van der Waals surface area contributed by atoms with Crippen LogP contribution in [0.5, 0.6) is 11.5 Å². The number of aliphatic hydroxyl groups is 2. The Kier molecular flexibility index (Phi) is 24.5. The molecular weight excluding hydrogens is 1370 g/mol. The Balaban J connectivity index is 1.08. The molecule has 14 N–H and O–H groups in total. The van der Waals surface area contributed by atoms with Gasteiger partial charge < -0.3 is 82.7 Å². The number of benzene rings is 6. The number of phenols is 2. The zero-order valence-electron chi connectivity index (χ0n) is 59.6. The number of carbonyl (C=O) groups is 12. The second kappa shape index (κ2) is 33.2. The summed E-state index contributed by atoms with van der Waals surface area (Å²) in [6.45, 7) is 6.95. The number of phenolic OH excluding ortho intramolecular Hbond substituents is 2. The Labute approximate surface area is 609 Å². The number of aliphatic hydroxyl groups excluding tert-OH is 2. The van der Waals surface area contributed by atoms with Crippen molar-refractivity contribution in [1.29, 1.82) is 0 Å². The van der Waals surface area contributed by atoms with Gasteiger partial charge in [-0.05, 0) is 124 Å². The molecule has 8 amide bonds.